The van der Waals surface area contributed by atoms with Gasteiger partial charge >= 0.3 is 0 Å². The quantitative estimate of drug-likeness (QED) is 0.647. The topological polar surface area (TPSA) is 60.7 Å². The van der Waals surface area contributed by atoms with E-state index in [-0.39, 0.29) is 5.56 Å². The van der Waals surface area contributed by atoms with Crippen molar-refractivity contribution >= 4 is 0 Å². The highest BCUT2D eigenvalue weighted by Gasteiger charge is 1.99. The minimum absolute atomic E-state index is 0.194. The molecule has 2 heterocycles. The first kappa shape index (κ1) is 8.55. The maximum atomic E-state index is 11.3. The van der Waals surface area contributed by atoms with Gasteiger partial charge in [-0.25, -0.2) is 9.97 Å². The van der Waals surface area contributed by atoms with E-state index in [4.69, 9.17) is 0 Å². The van der Waals surface area contributed by atoms with Gasteiger partial charge in [0, 0.05) is 12.3 Å². The van der Waals surface area contributed by atoms with Gasteiger partial charge in [-0.3, -0.25) is 4.79 Å². The highest BCUT2D eigenvalue weighted by molar-refractivity contribution is 5.22. The largest absolute Gasteiger partial charge is 0.271 e. The van der Waals surface area contributed by atoms with Crippen LogP contribution in [0.3, 0.4) is 0 Å². The fourth-order valence-electron chi connectivity index (χ4n) is 1.05. The Morgan fingerprint density at radius 1 is 1.29 bits per heavy atom. The van der Waals surface area contributed by atoms with E-state index in [1.54, 1.807) is 31.6 Å². The standard InChI is InChI=1S/C9H8N4O/c1-7-10-5-8(6-11-7)13-9(14)3-2-4-12-13/h2-6H,1H3. The molecule has 0 spiro atoms. The van der Waals surface area contributed by atoms with Crippen molar-refractivity contribution in [3.63, 3.8) is 0 Å². The second-order valence-corrected chi connectivity index (χ2v) is 2.76. The summed E-state index contributed by atoms with van der Waals surface area (Å²) in [4.78, 5) is 19.3. The maximum Gasteiger partial charge on any atom is 0.271 e. The molecule has 0 amide bonds. The van der Waals surface area contributed by atoms with Crippen LogP contribution in [-0.4, -0.2) is 19.7 Å². The van der Waals surface area contributed by atoms with E-state index in [2.05, 4.69) is 15.1 Å². The summed E-state index contributed by atoms with van der Waals surface area (Å²) in [6, 6.07) is 3.03. The fourth-order valence-corrected chi connectivity index (χ4v) is 1.05. The lowest BCUT2D eigenvalue weighted by molar-refractivity contribution is 0.792. The second kappa shape index (κ2) is 3.37. The number of hydrogen-bond acceptors (Lipinski definition) is 4. The van der Waals surface area contributed by atoms with Gasteiger partial charge in [-0.05, 0) is 13.0 Å². The molecule has 0 atom stereocenters. The lowest BCUT2D eigenvalue weighted by Crippen LogP contribution is -2.19. The van der Waals surface area contributed by atoms with E-state index in [9.17, 15) is 4.79 Å². The molecule has 0 bridgehead atoms. The van der Waals surface area contributed by atoms with Crippen LogP contribution < -0.4 is 5.56 Å². The van der Waals surface area contributed by atoms with Gasteiger partial charge in [0.25, 0.3) is 5.56 Å². The summed E-state index contributed by atoms with van der Waals surface area (Å²) in [5.41, 5.74) is 0.376. The Kier molecular flexibility index (Phi) is 2.06. The molecule has 0 aliphatic rings. The summed E-state index contributed by atoms with van der Waals surface area (Å²) < 4.78 is 1.25. The Balaban J connectivity index is 2.56. The second-order valence-electron chi connectivity index (χ2n) is 2.76. The van der Waals surface area contributed by atoms with Gasteiger partial charge < -0.3 is 0 Å². The molecule has 5 nitrogen and oxygen atoms in total. The van der Waals surface area contributed by atoms with Crippen molar-refractivity contribution in [2.24, 2.45) is 0 Å². The molecule has 2 aromatic heterocycles. The van der Waals surface area contributed by atoms with Gasteiger partial charge in [0.1, 0.15) is 11.5 Å². The molecule has 0 N–H and O–H groups in total. The SMILES string of the molecule is Cc1ncc(-n2ncccc2=O)cn1. The van der Waals surface area contributed by atoms with E-state index >= 15 is 0 Å². The molecular formula is C9H8N4O. The van der Waals surface area contributed by atoms with Crippen LogP contribution in [0.2, 0.25) is 0 Å². The third kappa shape index (κ3) is 1.52. The van der Waals surface area contributed by atoms with E-state index < -0.39 is 0 Å². The van der Waals surface area contributed by atoms with Gasteiger partial charge in [-0.1, -0.05) is 0 Å². The van der Waals surface area contributed by atoms with E-state index in [1.807, 2.05) is 0 Å². The summed E-state index contributed by atoms with van der Waals surface area (Å²) in [5, 5.41) is 3.90. The van der Waals surface area contributed by atoms with Crippen molar-refractivity contribution in [1.29, 1.82) is 0 Å². The van der Waals surface area contributed by atoms with Gasteiger partial charge in [0.15, 0.2) is 0 Å². The molecule has 5 heteroatoms. The Morgan fingerprint density at radius 3 is 2.64 bits per heavy atom. The highest BCUT2D eigenvalue weighted by Crippen LogP contribution is 1.97. The molecule has 0 saturated carbocycles. The Morgan fingerprint density at radius 2 is 2.00 bits per heavy atom. The average Bonchev–Trinajstić information content (AvgIpc) is 2.20. The smallest absolute Gasteiger partial charge is 0.267 e. The summed E-state index contributed by atoms with van der Waals surface area (Å²) in [7, 11) is 0. The first-order valence-corrected chi connectivity index (χ1v) is 4.11. The van der Waals surface area contributed by atoms with E-state index in [0.717, 1.165) is 0 Å². The summed E-state index contributed by atoms with van der Waals surface area (Å²) in [6.45, 7) is 1.78. The van der Waals surface area contributed by atoms with Crippen molar-refractivity contribution in [1.82, 2.24) is 19.7 Å². The molecule has 0 aromatic carbocycles. The van der Waals surface area contributed by atoms with Gasteiger partial charge in [0.2, 0.25) is 0 Å². The van der Waals surface area contributed by atoms with Crippen LogP contribution in [0.25, 0.3) is 5.69 Å². The zero-order valence-electron chi connectivity index (χ0n) is 7.58. The third-order valence-electron chi connectivity index (χ3n) is 1.73. The molecule has 0 saturated heterocycles. The zero-order valence-corrected chi connectivity index (χ0v) is 7.58. The van der Waals surface area contributed by atoms with Crippen LogP contribution in [0.4, 0.5) is 0 Å². The number of hydrogen-bond donors (Lipinski definition) is 0. The van der Waals surface area contributed by atoms with Crippen LogP contribution in [0.5, 0.6) is 0 Å². The molecule has 0 fully saturated rings. The lowest BCUT2D eigenvalue weighted by Gasteiger charge is -2.01. The van der Waals surface area contributed by atoms with Gasteiger partial charge in [-0.2, -0.15) is 9.78 Å². The minimum atomic E-state index is -0.194. The van der Waals surface area contributed by atoms with Gasteiger partial charge in [0.05, 0.1) is 12.4 Å². The molecule has 0 aliphatic carbocycles. The Hall–Kier alpha value is -2.04. The van der Waals surface area contributed by atoms with Crippen molar-refractivity contribution in [3.8, 4) is 5.69 Å². The molecule has 70 valence electrons. The van der Waals surface area contributed by atoms with E-state index in [1.165, 1.54) is 10.7 Å². The Bertz CT molecular complexity index is 489. The lowest BCUT2D eigenvalue weighted by atomic mass is 10.5. The van der Waals surface area contributed by atoms with Crippen molar-refractivity contribution in [2.45, 2.75) is 6.92 Å². The first-order valence-electron chi connectivity index (χ1n) is 4.11. The summed E-state index contributed by atoms with van der Waals surface area (Å²) in [6.07, 6.45) is 4.68. The summed E-state index contributed by atoms with van der Waals surface area (Å²) >= 11 is 0. The van der Waals surface area contributed by atoms with Crippen LogP contribution in [-0.2, 0) is 0 Å². The first-order chi connectivity index (χ1) is 6.77. The number of nitrogens with zero attached hydrogens (tertiary/aromatic N) is 4. The average molecular weight is 188 g/mol. The zero-order chi connectivity index (χ0) is 9.97. The summed E-state index contributed by atoms with van der Waals surface area (Å²) in [5.74, 6) is 0.665. The highest BCUT2D eigenvalue weighted by atomic mass is 16.1. The molecule has 2 rings (SSSR count). The molecule has 14 heavy (non-hydrogen) atoms. The minimum Gasteiger partial charge on any atom is -0.267 e. The van der Waals surface area contributed by atoms with Crippen molar-refractivity contribution in [3.05, 3.63) is 46.9 Å². The third-order valence-corrected chi connectivity index (χ3v) is 1.73. The normalized spacial score (nSPS) is 10.1. The number of rotatable bonds is 1. The van der Waals surface area contributed by atoms with Crippen LogP contribution >= 0.6 is 0 Å². The molecule has 0 radical (unpaired) electrons. The molecular weight excluding hydrogens is 180 g/mol. The van der Waals surface area contributed by atoms with E-state index in [0.29, 0.717) is 11.5 Å². The molecule has 2 aromatic rings. The molecule has 0 unspecified atom stereocenters. The fraction of sp³-hybridized carbons (Fsp3) is 0.111. The van der Waals surface area contributed by atoms with Gasteiger partial charge in [-0.15, -0.1) is 0 Å². The predicted molar refractivity (Wildman–Crippen MR) is 50.2 cm³/mol. The van der Waals surface area contributed by atoms with Crippen LogP contribution in [0.1, 0.15) is 5.82 Å². The number of aryl methyl sites for hydroxylation is 1. The van der Waals surface area contributed by atoms with Crippen molar-refractivity contribution in [2.75, 3.05) is 0 Å². The Labute approximate surface area is 80.1 Å². The van der Waals surface area contributed by atoms with Crippen LogP contribution in [0, 0.1) is 6.92 Å². The maximum absolute atomic E-state index is 11.3. The molecule has 0 aliphatic heterocycles. The van der Waals surface area contributed by atoms with Crippen LogP contribution in [0.15, 0.2) is 35.5 Å². The number of aromatic nitrogens is 4. The van der Waals surface area contributed by atoms with Crippen molar-refractivity contribution < 1.29 is 0 Å². The predicted octanol–water partition coefficient (Wildman–Crippen LogP) is 0.331. The monoisotopic (exact) mass is 188 g/mol.